The number of benzene rings is 3. The molecule has 0 aliphatic carbocycles. The van der Waals surface area contributed by atoms with Gasteiger partial charge in [0.2, 0.25) is 5.91 Å². The van der Waals surface area contributed by atoms with Crippen molar-refractivity contribution in [2.75, 3.05) is 13.1 Å². The molecule has 1 heterocycles. The van der Waals surface area contributed by atoms with Crippen LogP contribution in [-0.4, -0.2) is 29.8 Å². The normalized spacial score (nSPS) is 17.9. The molecule has 4 rings (SSSR count). The topological polar surface area (TPSA) is 49.4 Å². The first-order chi connectivity index (χ1) is 15.4. The maximum Gasteiger partial charge on any atom is 0.253 e. The minimum absolute atomic E-state index is 0.0593. The van der Waals surface area contributed by atoms with E-state index in [1.165, 1.54) is 12.1 Å². The molecule has 1 saturated heterocycles. The van der Waals surface area contributed by atoms with E-state index in [4.69, 9.17) is 0 Å². The third-order valence-corrected chi connectivity index (χ3v) is 6.13. The minimum Gasteiger partial charge on any atom is -0.352 e. The molecular weight excluding hydrogens is 403 g/mol. The van der Waals surface area contributed by atoms with Crippen molar-refractivity contribution < 1.29 is 14.0 Å². The fourth-order valence-corrected chi connectivity index (χ4v) is 4.19. The molecule has 2 atom stereocenters. The molecule has 4 nitrogen and oxygen atoms in total. The lowest BCUT2D eigenvalue weighted by Crippen LogP contribution is -2.35. The standard InChI is InChI=1S/C27H27FN2O2/c1-18-3-9-21(10-4-18)24-16-30(27(32)22-11-5-19(2)6-12-22)17-25(24)26(31)29-15-20-7-13-23(28)14-8-20/h3-14,24-25H,15-17H2,1-2H3,(H,29,31)/t24-,25+/m0/s1. The van der Waals surface area contributed by atoms with E-state index < -0.39 is 0 Å². The molecule has 2 amide bonds. The monoisotopic (exact) mass is 430 g/mol. The van der Waals surface area contributed by atoms with Crippen LogP contribution in [0.3, 0.4) is 0 Å². The highest BCUT2D eigenvalue weighted by molar-refractivity contribution is 5.95. The van der Waals surface area contributed by atoms with Crippen LogP contribution in [0.15, 0.2) is 72.8 Å². The average molecular weight is 431 g/mol. The Morgan fingerprint density at radius 2 is 1.47 bits per heavy atom. The number of carbonyl (C=O) groups is 2. The first-order valence-corrected chi connectivity index (χ1v) is 10.9. The summed E-state index contributed by atoms with van der Waals surface area (Å²) >= 11 is 0. The summed E-state index contributed by atoms with van der Waals surface area (Å²) in [5, 5.41) is 2.98. The van der Waals surface area contributed by atoms with Crippen molar-refractivity contribution in [1.29, 1.82) is 0 Å². The summed E-state index contributed by atoms with van der Waals surface area (Å²) in [4.78, 5) is 28.1. The second-order valence-electron chi connectivity index (χ2n) is 8.54. The van der Waals surface area contributed by atoms with Crippen LogP contribution in [0.5, 0.6) is 0 Å². The number of aryl methyl sites for hydroxylation is 2. The van der Waals surface area contributed by atoms with Crippen molar-refractivity contribution >= 4 is 11.8 Å². The fourth-order valence-electron chi connectivity index (χ4n) is 4.19. The molecule has 32 heavy (non-hydrogen) atoms. The molecule has 0 aromatic heterocycles. The van der Waals surface area contributed by atoms with Crippen LogP contribution in [0, 0.1) is 25.6 Å². The lowest BCUT2D eigenvalue weighted by atomic mass is 9.88. The largest absolute Gasteiger partial charge is 0.352 e. The fraction of sp³-hybridized carbons (Fsp3) is 0.259. The molecule has 0 bridgehead atoms. The van der Waals surface area contributed by atoms with Gasteiger partial charge in [0.25, 0.3) is 5.91 Å². The summed E-state index contributed by atoms with van der Waals surface area (Å²) in [5.74, 6) is -0.901. The molecule has 1 N–H and O–H groups in total. The van der Waals surface area contributed by atoms with Crippen LogP contribution in [0.1, 0.15) is 38.5 Å². The molecule has 0 spiro atoms. The highest BCUT2D eigenvalue weighted by Gasteiger charge is 2.40. The van der Waals surface area contributed by atoms with Crippen LogP contribution in [0.2, 0.25) is 0 Å². The molecule has 1 aliphatic rings. The first-order valence-electron chi connectivity index (χ1n) is 10.9. The van der Waals surface area contributed by atoms with E-state index in [-0.39, 0.29) is 29.5 Å². The maximum absolute atomic E-state index is 13.2. The van der Waals surface area contributed by atoms with Crippen LogP contribution >= 0.6 is 0 Å². The molecule has 1 aliphatic heterocycles. The molecule has 3 aromatic carbocycles. The van der Waals surface area contributed by atoms with E-state index in [0.717, 1.165) is 22.3 Å². The highest BCUT2D eigenvalue weighted by Crippen LogP contribution is 2.34. The van der Waals surface area contributed by atoms with Crippen molar-refractivity contribution in [2.24, 2.45) is 5.92 Å². The predicted octanol–water partition coefficient (Wildman–Crippen LogP) is 4.61. The first kappa shape index (κ1) is 21.8. The Hall–Kier alpha value is -3.47. The molecular formula is C27H27FN2O2. The summed E-state index contributed by atoms with van der Waals surface area (Å²) < 4.78 is 13.2. The lowest BCUT2D eigenvalue weighted by molar-refractivity contribution is -0.125. The summed E-state index contributed by atoms with van der Waals surface area (Å²) in [5.41, 5.74) is 4.76. The average Bonchev–Trinajstić information content (AvgIpc) is 3.24. The Morgan fingerprint density at radius 1 is 0.875 bits per heavy atom. The zero-order valence-corrected chi connectivity index (χ0v) is 18.3. The molecule has 5 heteroatoms. The highest BCUT2D eigenvalue weighted by atomic mass is 19.1. The number of amides is 2. The van der Waals surface area contributed by atoms with Gasteiger partial charge in [-0.25, -0.2) is 4.39 Å². The number of likely N-dealkylation sites (tertiary alicyclic amines) is 1. The predicted molar refractivity (Wildman–Crippen MR) is 123 cm³/mol. The van der Waals surface area contributed by atoms with Gasteiger partial charge in [0, 0.05) is 31.1 Å². The van der Waals surface area contributed by atoms with E-state index in [1.807, 2.05) is 62.4 Å². The molecule has 1 fully saturated rings. The van der Waals surface area contributed by atoms with Gasteiger partial charge in [-0.05, 0) is 49.2 Å². The lowest BCUT2D eigenvalue weighted by Gasteiger charge is -2.18. The van der Waals surface area contributed by atoms with Gasteiger partial charge in [0.1, 0.15) is 5.82 Å². The Labute approximate surface area is 188 Å². The van der Waals surface area contributed by atoms with E-state index in [1.54, 1.807) is 17.0 Å². The minimum atomic E-state index is -0.354. The van der Waals surface area contributed by atoms with E-state index in [2.05, 4.69) is 5.32 Å². The third-order valence-electron chi connectivity index (χ3n) is 6.13. The summed E-state index contributed by atoms with van der Waals surface area (Å²) in [6, 6.07) is 21.8. The quantitative estimate of drug-likeness (QED) is 0.642. The van der Waals surface area contributed by atoms with Crippen molar-refractivity contribution in [3.63, 3.8) is 0 Å². The van der Waals surface area contributed by atoms with Crippen molar-refractivity contribution in [3.05, 3.63) is 106 Å². The SMILES string of the molecule is Cc1ccc(C(=O)N2C[C@@H](C(=O)NCc3ccc(F)cc3)[C@H](c3ccc(C)cc3)C2)cc1. The van der Waals surface area contributed by atoms with Crippen molar-refractivity contribution in [3.8, 4) is 0 Å². The Morgan fingerprint density at radius 3 is 2.09 bits per heavy atom. The van der Waals surface area contributed by atoms with Gasteiger partial charge in [-0.15, -0.1) is 0 Å². The molecule has 164 valence electrons. The molecule has 0 unspecified atom stereocenters. The van der Waals surface area contributed by atoms with E-state index >= 15 is 0 Å². The Bertz CT molecular complexity index is 1090. The van der Waals surface area contributed by atoms with Crippen LogP contribution < -0.4 is 5.32 Å². The van der Waals surface area contributed by atoms with E-state index in [9.17, 15) is 14.0 Å². The number of nitrogens with one attached hydrogen (secondary N) is 1. The molecule has 0 saturated carbocycles. The number of rotatable bonds is 5. The van der Waals surface area contributed by atoms with Gasteiger partial charge in [0.05, 0.1) is 5.92 Å². The van der Waals surface area contributed by atoms with Crippen LogP contribution in [0.4, 0.5) is 4.39 Å². The molecule has 0 radical (unpaired) electrons. The second kappa shape index (κ2) is 9.35. The smallest absolute Gasteiger partial charge is 0.253 e. The van der Waals surface area contributed by atoms with Crippen LogP contribution in [-0.2, 0) is 11.3 Å². The third kappa shape index (κ3) is 4.88. The van der Waals surface area contributed by atoms with Crippen LogP contribution in [0.25, 0.3) is 0 Å². The molecule has 3 aromatic rings. The van der Waals surface area contributed by atoms with E-state index in [0.29, 0.717) is 25.2 Å². The number of hydrogen-bond donors (Lipinski definition) is 1. The van der Waals surface area contributed by atoms with Gasteiger partial charge in [-0.3, -0.25) is 9.59 Å². The van der Waals surface area contributed by atoms with Gasteiger partial charge in [0.15, 0.2) is 0 Å². The second-order valence-corrected chi connectivity index (χ2v) is 8.54. The van der Waals surface area contributed by atoms with Crippen molar-refractivity contribution in [2.45, 2.75) is 26.3 Å². The maximum atomic E-state index is 13.2. The van der Waals surface area contributed by atoms with Gasteiger partial charge in [-0.1, -0.05) is 59.7 Å². The number of hydrogen-bond acceptors (Lipinski definition) is 2. The summed E-state index contributed by atoms with van der Waals surface area (Å²) in [6.45, 7) is 5.19. The Balaban J connectivity index is 1.53. The summed E-state index contributed by atoms with van der Waals surface area (Å²) in [6.07, 6.45) is 0. The zero-order chi connectivity index (χ0) is 22.7. The number of carbonyl (C=O) groups excluding carboxylic acids is 2. The van der Waals surface area contributed by atoms with Gasteiger partial charge in [-0.2, -0.15) is 0 Å². The Kier molecular flexibility index (Phi) is 6.35. The van der Waals surface area contributed by atoms with Crippen molar-refractivity contribution in [1.82, 2.24) is 10.2 Å². The number of nitrogens with zero attached hydrogens (tertiary/aromatic N) is 1. The summed E-state index contributed by atoms with van der Waals surface area (Å²) in [7, 11) is 0. The van der Waals surface area contributed by atoms with Gasteiger partial charge >= 0.3 is 0 Å². The number of halogens is 1. The zero-order valence-electron chi connectivity index (χ0n) is 18.3. The van der Waals surface area contributed by atoms with Gasteiger partial charge < -0.3 is 10.2 Å².